The molecule has 1 aromatic rings. The molecule has 4 nitrogen and oxygen atoms in total. The minimum absolute atomic E-state index is 0.116. The number of aromatic carboxylic acids is 1. The number of rotatable bonds is 6. The van der Waals surface area contributed by atoms with E-state index in [1.165, 1.54) is 0 Å². The molecular weight excluding hydrogens is 260 g/mol. The molecule has 6 heteroatoms. The van der Waals surface area contributed by atoms with Crippen LogP contribution in [-0.4, -0.2) is 34.1 Å². The summed E-state index contributed by atoms with van der Waals surface area (Å²) in [6.07, 6.45) is 3.06. The van der Waals surface area contributed by atoms with Gasteiger partial charge in [0.1, 0.15) is 5.82 Å². The molecule has 0 aliphatic heterocycles. The van der Waals surface area contributed by atoms with Crippen molar-refractivity contribution in [3.05, 3.63) is 22.8 Å². The number of nitrogens with one attached hydrogen (secondary N) is 1. The molecule has 0 aromatic carbocycles. The van der Waals surface area contributed by atoms with Gasteiger partial charge in [-0.3, -0.25) is 0 Å². The van der Waals surface area contributed by atoms with Crippen molar-refractivity contribution in [3.63, 3.8) is 0 Å². The van der Waals surface area contributed by atoms with E-state index >= 15 is 0 Å². The first-order chi connectivity index (χ1) is 8.04. The fraction of sp³-hybridized carbons (Fsp3) is 0.455. The second-order valence-electron chi connectivity index (χ2n) is 3.59. The van der Waals surface area contributed by atoms with Gasteiger partial charge in [-0.25, -0.2) is 9.78 Å². The SMILES string of the molecule is CSC(C)CCNc1ccc(Cl)c(C(=O)O)n1. The average Bonchev–Trinajstić information content (AvgIpc) is 2.30. The molecule has 1 rings (SSSR count). The molecule has 1 unspecified atom stereocenters. The Bertz CT molecular complexity index is 401. The van der Waals surface area contributed by atoms with Crippen LogP contribution in [0, 0.1) is 0 Å². The van der Waals surface area contributed by atoms with E-state index in [1.807, 2.05) is 0 Å². The van der Waals surface area contributed by atoms with Gasteiger partial charge >= 0.3 is 5.97 Å². The molecule has 0 aliphatic rings. The molecule has 0 saturated heterocycles. The van der Waals surface area contributed by atoms with Crippen LogP contribution >= 0.6 is 23.4 Å². The number of carboxylic acid groups (broad SMARTS) is 1. The summed E-state index contributed by atoms with van der Waals surface area (Å²) >= 11 is 7.52. The van der Waals surface area contributed by atoms with E-state index in [0.717, 1.165) is 13.0 Å². The number of carboxylic acids is 1. The van der Waals surface area contributed by atoms with E-state index < -0.39 is 5.97 Å². The maximum absolute atomic E-state index is 10.8. The zero-order valence-corrected chi connectivity index (χ0v) is 11.3. The summed E-state index contributed by atoms with van der Waals surface area (Å²) in [6.45, 7) is 2.90. The first-order valence-corrected chi connectivity index (χ1v) is 6.87. The highest BCUT2D eigenvalue weighted by atomic mass is 35.5. The highest BCUT2D eigenvalue weighted by Gasteiger charge is 2.11. The van der Waals surface area contributed by atoms with Gasteiger partial charge in [-0.1, -0.05) is 18.5 Å². The fourth-order valence-corrected chi connectivity index (χ4v) is 1.75. The summed E-state index contributed by atoms with van der Waals surface area (Å²) in [7, 11) is 0. The Morgan fingerprint density at radius 1 is 1.65 bits per heavy atom. The number of halogens is 1. The average molecular weight is 275 g/mol. The molecule has 17 heavy (non-hydrogen) atoms. The van der Waals surface area contributed by atoms with Gasteiger partial charge in [-0.15, -0.1) is 0 Å². The van der Waals surface area contributed by atoms with Gasteiger partial charge < -0.3 is 10.4 Å². The number of pyridine rings is 1. The number of nitrogens with zero attached hydrogens (tertiary/aromatic N) is 1. The third kappa shape index (κ3) is 4.44. The van der Waals surface area contributed by atoms with Crippen LogP contribution in [0.15, 0.2) is 12.1 Å². The topological polar surface area (TPSA) is 62.2 Å². The lowest BCUT2D eigenvalue weighted by Crippen LogP contribution is -2.10. The molecule has 0 radical (unpaired) electrons. The second kappa shape index (κ2) is 6.71. The number of aromatic nitrogens is 1. The van der Waals surface area contributed by atoms with Crippen molar-refractivity contribution in [2.24, 2.45) is 0 Å². The van der Waals surface area contributed by atoms with Gasteiger partial charge in [0.25, 0.3) is 0 Å². The van der Waals surface area contributed by atoms with Crippen molar-refractivity contribution in [2.75, 3.05) is 18.1 Å². The van der Waals surface area contributed by atoms with Gasteiger partial charge in [0.05, 0.1) is 5.02 Å². The molecular formula is C11H15ClN2O2S. The van der Waals surface area contributed by atoms with Gasteiger partial charge in [0, 0.05) is 11.8 Å². The standard InChI is InChI=1S/C11H15ClN2O2S/c1-7(17-2)5-6-13-9-4-3-8(12)10(14-9)11(15)16/h3-4,7H,5-6H2,1-2H3,(H,13,14)(H,15,16). The van der Waals surface area contributed by atoms with Crippen LogP contribution in [-0.2, 0) is 0 Å². The quantitative estimate of drug-likeness (QED) is 0.835. The van der Waals surface area contributed by atoms with Crippen molar-refractivity contribution < 1.29 is 9.90 Å². The summed E-state index contributed by atoms with van der Waals surface area (Å²) in [5.74, 6) is -0.573. The fourth-order valence-electron chi connectivity index (χ4n) is 1.21. The zero-order chi connectivity index (χ0) is 12.8. The van der Waals surface area contributed by atoms with Crippen LogP contribution in [0.25, 0.3) is 0 Å². The van der Waals surface area contributed by atoms with Crippen molar-refractivity contribution in [3.8, 4) is 0 Å². The predicted octanol–water partition coefficient (Wildman–Crippen LogP) is 2.99. The van der Waals surface area contributed by atoms with E-state index in [4.69, 9.17) is 16.7 Å². The minimum Gasteiger partial charge on any atom is -0.476 e. The summed E-state index contributed by atoms with van der Waals surface area (Å²) in [4.78, 5) is 14.8. The van der Waals surface area contributed by atoms with Gasteiger partial charge in [-0.05, 0) is 24.8 Å². The van der Waals surface area contributed by atoms with E-state index in [9.17, 15) is 4.79 Å². The number of hydrogen-bond acceptors (Lipinski definition) is 4. The van der Waals surface area contributed by atoms with E-state index in [0.29, 0.717) is 11.1 Å². The van der Waals surface area contributed by atoms with Gasteiger partial charge in [0.15, 0.2) is 5.69 Å². The Balaban J connectivity index is 2.60. The minimum atomic E-state index is -1.11. The molecule has 1 aromatic heterocycles. The maximum Gasteiger partial charge on any atom is 0.356 e. The molecule has 0 fully saturated rings. The normalized spacial score (nSPS) is 12.2. The third-order valence-corrected chi connectivity index (χ3v) is 3.65. The van der Waals surface area contributed by atoms with Gasteiger partial charge in [-0.2, -0.15) is 11.8 Å². The molecule has 2 N–H and O–H groups in total. The molecule has 0 aliphatic carbocycles. The molecule has 0 spiro atoms. The van der Waals surface area contributed by atoms with Crippen molar-refractivity contribution in [1.82, 2.24) is 4.98 Å². The largest absolute Gasteiger partial charge is 0.476 e. The lowest BCUT2D eigenvalue weighted by atomic mass is 10.3. The molecule has 1 heterocycles. The molecule has 1 atom stereocenters. The molecule has 94 valence electrons. The Kier molecular flexibility index (Phi) is 5.58. The van der Waals surface area contributed by atoms with Gasteiger partial charge in [0.2, 0.25) is 0 Å². The molecule has 0 bridgehead atoms. The van der Waals surface area contributed by atoms with Crippen LogP contribution in [0.3, 0.4) is 0 Å². The number of thioether (sulfide) groups is 1. The van der Waals surface area contributed by atoms with Crippen LogP contribution in [0.4, 0.5) is 5.82 Å². The third-order valence-electron chi connectivity index (χ3n) is 2.31. The first kappa shape index (κ1) is 14.1. The van der Waals surface area contributed by atoms with E-state index in [1.54, 1.807) is 23.9 Å². The molecule has 0 amide bonds. The van der Waals surface area contributed by atoms with Crippen molar-refractivity contribution in [2.45, 2.75) is 18.6 Å². The van der Waals surface area contributed by atoms with E-state index in [2.05, 4.69) is 23.5 Å². The van der Waals surface area contributed by atoms with Crippen molar-refractivity contribution in [1.29, 1.82) is 0 Å². The number of hydrogen-bond donors (Lipinski definition) is 2. The predicted molar refractivity (Wildman–Crippen MR) is 72.3 cm³/mol. The number of carbonyl (C=O) groups is 1. The van der Waals surface area contributed by atoms with Crippen molar-refractivity contribution >= 4 is 35.1 Å². The maximum atomic E-state index is 10.8. The smallest absolute Gasteiger partial charge is 0.356 e. The second-order valence-corrected chi connectivity index (χ2v) is 5.28. The Morgan fingerprint density at radius 2 is 2.35 bits per heavy atom. The summed E-state index contributed by atoms with van der Waals surface area (Å²) < 4.78 is 0. The monoisotopic (exact) mass is 274 g/mol. The summed E-state index contributed by atoms with van der Waals surface area (Å²) in [5, 5.41) is 12.7. The van der Waals surface area contributed by atoms with Crippen LogP contribution < -0.4 is 5.32 Å². The Labute approximate surface area is 110 Å². The first-order valence-electron chi connectivity index (χ1n) is 5.21. The lowest BCUT2D eigenvalue weighted by molar-refractivity contribution is 0.0691. The van der Waals surface area contributed by atoms with E-state index in [-0.39, 0.29) is 10.7 Å². The highest BCUT2D eigenvalue weighted by molar-refractivity contribution is 7.99. The van der Waals surface area contributed by atoms with Crippen LogP contribution in [0.1, 0.15) is 23.8 Å². The lowest BCUT2D eigenvalue weighted by Gasteiger charge is -2.10. The van der Waals surface area contributed by atoms with Crippen LogP contribution in [0.2, 0.25) is 5.02 Å². The Hall–Kier alpha value is -0.940. The zero-order valence-electron chi connectivity index (χ0n) is 9.74. The van der Waals surface area contributed by atoms with Crippen LogP contribution in [0.5, 0.6) is 0 Å². The summed E-state index contributed by atoms with van der Waals surface area (Å²) in [5.41, 5.74) is -0.116. The highest BCUT2D eigenvalue weighted by Crippen LogP contribution is 2.17. The summed E-state index contributed by atoms with van der Waals surface area (Å²) in [6, 6.07) is 3.22. The Morgan fingerprint density at radius 3 is 2.94 bits per heavy atom. The number of anilines is 1. The molecule has 0 saturated carbocycles.